The van der Waals surface area contributed by atoms with Crippen molar-refractivity contribution in [2.75, 3.05) is 53.5 Å². The lowest BCUT2D eigenvalue weighted by Gasteiger charge is -2.39. The quantitative estimate of drug-likeness (QED) is 0.557. The van der Waals surface area contributed by atoms with Crippen LogP contribution in [0.3, 0.4) is 0 Å². The Labute approximate surface area is 221 Å². The minimum atomic E-state index is -0.734. The van der Waals surface area contributed by atoms with Gasteiger partial charge in [0, 0.05) is 56.1 Å². The smallest absolute Gasteiger partial charge is 0.338 e. The Morgan fingerprint density at radius 2 is 1.81 bits per heavy atom. The van der Waals surface area contributed by atoms with E-state index in [1.54, 1.807) is 68.4 Å². The van der Waals surface area contributed by atoms with Crippen molar-refractivity contribution in [2.45, 2.75) is 13.0 Å². The molecule has 2 heterocycles. The van der Waals surface area contributed by atoms with Crippen LogP contribution in [0, 0.1) is 0 Å². The molecule has 0 spiro atoms. The average Bonchev–Trinajstić information content (AvgIpc) is 2.91. The number of amides is 3. The molecular formula is C27H31ClN4O5. The number of piperazine rings is 1. The monoisotopic (exact) mass is 526 g/mol. The molecule has 10 heteroatoms. The van der Waals surface area contributed by atoms with Gasteiger partial charge in [0.05, 0.1) is 25.3 Å². The number of carbonyl (C=O) groups excluding carboxylic acids is 3. The lowest BCUT2D eigenvalue weighted by molar-refractivity contribution is -0.139. The molecule has 2 aromatic carbocycles. The van der Waals surface area contributed by atoms with Crippen molar-refractivity contribution in [3.8, 4) is 5.75 Å². The predicted molar refractivity (Wildman–Crippen MR) is 139 cm³/mol. The molecule has 37 heavy (non-hydrogen) atoms. The minimum Gasteiger partial charge on any atom is -0.497 e. The zero-order valence-electron chi connectivity index (χ0n) is 21.2. The van der Waals surface area contributed by atoms with E-state index >= 15 is 0 Å². The van der Waals surface area contributed by atoms with Crippen LogP contribution in [0.4, 0.5) is 4.79 Å². The fourth-order valence-electron chi connectivity index (χ4n) is 4.60. The third-order valence-corrected chi connectivity index (χ3v) is 6.98. The molecule has 1 unspecified atom stereocenters. The Kier molecular flexibility index (Phi) is 8.35. The highest BCUT2D eigenvalue weighted by atomic mass is 35.5. The summed E-state index contributed by atoms with van der Waals surface area (Å²) in [6.45, 7) is 4.49. The number of nitrogens with zero attached hydrogens (tertiary/aromatic N) is 3. The van der Waals surface area contributed by atoms with E-state index in [0.29, 0.717) is 65.9 Å². The second kappa shape index (κ2) is 11.7. The van der Waals surface area contributed by atoms with Crippen molar-refractivity contribution in [2.24, 2.45) is 0 Å². The number of carbonyl (C=O) groups is 3. The number of esters is 1. The van der Waals surface area contributed by atoms with Gasteiger partial charge in [-0.05, 0) is 36.8 Å². The van der Waals surface area contributed by atoms with Gasteiger partial charge in [0.15, 0.2) is 0 Å². The van der Waals surface area contributed by atoms with Crippen molar-refractivity contribution >= 4 is 29.5 Å². The number of likely N-dealkylation sites (N-methyl/N-ethyl adjacent to an activating group) is 1. The summed E-state index contributed by atoms with van der Waals surface area (Å²) in [6, 6.07) is 13.2. The molecule has 2 aromatic rings. The Hall–Kier alpha value is -3.56. The van der Waals surface area contributed by atoms with E-state index in [-0.39, 0.29) is 18.5 Å². The van der Waals surface area contributed by atoms with E-state index in [1.807, 2.05) is 6.07 Å². The standard InChI is InChI=1S/C27H31ClN4O5/c1-4-37-26(34)23-22(30(2)27(35)29-24(23)20-10-5-6-11-21(20)28)17-31-12-14-32(15-13-31)25(33)18-8-7-9-19(16-18)36-3/h5-11,16,24H,4,12-15,17H2,1-3H3,(H,29,35). The number of halogens is 1. The van der Waals surface area contributed by atoms with Crippen molar-refractivity contribution < 1.29 is 23.9 Å². The molecule has 0 aromatic heterocycles. The predicted octanol–water partition coefficient (Wildman–Crippen LogP) is 3.32. The van der Waals surface area contributed by atoms with Crippen LogP contribution < -0.4 is 10.1 Å². The number of hydrogen-bond acceptors (Lipinski definition) is 6. The van der Waals surface area contributed by atoms with Crippen molar-refractivity contribution in [1.82, 2.24) is 20.0 Å². The van der Waals surface area contributed by atoms with Crippen LogP contribution in [0.1, 0.15) is 28.9 Å². The van der Waals surface area contributed by atoms with E-state index in [1.165, 1.54) is 4.90 Å². The zero-order valence-corrected chi connectivity index (χ0v) is 22.0. The molecule has 9 nitrogen and oxygen atoms in total. The number of nitrogens with one attached hydrogen (secondary N) is 1. The molecule has 0 aliphatic carbocycles. The van der Waals surface area contributed by atoms with Gasteiger partial charge in [-0.2, -0.15) is 0 Å². The van der Waals surface area contributed by atoms with Gasteiger partial charge in [-0.15, -0.1) is 0 Å². The van der Waals surface area contributed by atoms with Crippen molar-refractivity contribution in [3.05, 3.63) is 76.0 Å². The van der Waals surface area contributed by atoms with E-state index in [0.717, 1.165) is 0 Å². The topological polar surface area (TPSA) is 91.4 Å². The Morgan fingerprint density at radius 3 is 2.49 bits per heavy atom. The van der Waals surface area contributed by atoms with Gasteiger partial charge in [0.25, 0.3) is 5.91 Å². The SMILES string of the molecule is CCOC(=O)C1=C(CN2CCN(C(=O)c3cccc(OC)c3)CC2)N(C)C(=O)NC1c1ccccc1Cl. The molecule has 3 amide bonds. The van der Waals surface area contributed by atoms with Crippen LogP contribution in [-0.2, 0) is 9.53 Å². The summed E-state index contributed by atoms with van der Waals surface area (Å²) in [5.41, 5.74) is 2.11. The molecule has 196 valence electrons. The fourth-order valence-corrected chi connectivity index (χ4v) is 4.84. The highest BCUT2D eigenvalue weighted by molar-refractivity contribution is 6.31. The fraction of sp³-hybridized carbons (Fsp3) is 0.370. The first-order chi connectivity index (χ1) is 17.8. The molecule has 1 N–H and O–H groups in total. The van der Waals surface area contributed by atoms with Gasteiger partial charge in [0.2, 0.25) is 0 Å². The summed E-state index contributed by atoms with van der Waals surface area (Å²) < 4.78 is 10.6. The lowest BCUT2D eigenvalue weighted by atomic mass is 9.94. The lowest BCUT2D eigenvalue weighted by Crippen LogP contribution is -2.53. The number of hydrogen-bond donors (Lipinski definition) is 1. The highest BCUT2D eigenvalue weighted by Gasteiger charge is 2.38. The maximum Gasteiger partial charge on any atom is 0.338 e. The molecule has 0 saturated carbocycles. The Balaban J connectivity index is 1.56. The van der Waals surface area contributed by atoms with Crippen LogP contribution in [0.5, 0.6) is 5.75 Å². The zero-order chi connectivity index (χ0) is 26.5. The summed E-state index contributed by atoms with van der Waals surface area (Å²) in [6.07, 6.45) is 0. The largest absolute Gasteiger partial charge is 0.497 e. The Morgan fingerprint density at radius 1 is 1.08 bits per heavy atom. The maximum absolute atomic E-state index is 13.2. The van der Waals surface area contributed by atoms with Gasteiger partial charge in [-0.25, -0.2) is 9.59 Å². The van der Waals surface area contributed by atoms with Gasteiger partial charge >= 0.3 is 12.0 Å². The van der Waals surface area contributed by atoms with Crippen LogP contribution in [0.15, 0.2) is 59.8 Å². The molecule has 1 fully saturated rings. The van der Waals surface area contributed by atoms with Gasteiger partial charge < -0.3 is 19.7 Å². The number of rotatable bonds is 7. The van der Waals surface area contributed by atoms with Crippen LogP contribution in [0.25, 0.3) is 0 Å². The minimum absolute atomic E-state index is 0.0575. The van der Waals surface area contributed by atoms with Gasteiger partial charge in [0.1, 0.15) is 5.75 Å². The summed E-state index contributed by atoms with van der Waals surface area (Å²) >= 11 is 6.45. The number of benzene rings is 2. The van der Waals surface area contributed by atoms with Crippen LogP contribution in [0.2, 0.25) is 5.02 Å². The summed E-state index contributed by atoms with van der Waals surface area (Å²) in [5.74, 6) is 0.0774. The molecule has 2 aliphatic rings. The normalized spacial score (nSPS) is 18.5. The molecule has 1 atom stereocenters. The molecule has 1 saturated heterocycles. The summed E-state index contributed by atoms with van der Waals surface area (Å²) in [4.78, 5) is 44.5. The molecule has 0 bridgehead atoms. The Bertz CT molecular complexity index is 1210. The third kappa shape index (κ3) is 5.73. The number of urea groups is 1. The third-order valence-electron chi connectivity index (χ3n) is 6.64. The number of ether oxygens (including phenoxy) is 2. The average molecular weight is 527 g/mol. The van der Waals surface area contributed by atoms with Crippen LogP contribution >= 0.6 is 11.6 Å². The van der Waals surface area contributed by atoms with Crippen molar-refractivity contribution in [3.63, 3.8) is 0 Å². The van der Waals surface area contributed by atoms with E-state index in [4.69, 9.17) is 21.1 Å². The first kappa shape index (κ1) is 26.5. The van der Waals surface area contributed by atoms with Gasteiger partial charge in [-0.1, -0.05) is 35.9 Å². The maximum atomic E-state index is 13.2. The highest BCUT2D eigenvalue weighted by Crippen LogP contribution is 2.34. The molecule has 2 aliphatic heterocycles. The van der Waals surface area contributed by atoms with E-state index in [2.05, 4.69) is 10.2 Å². The van der Waals surface area contributed by atoms with E-state index in [9.17, 15) is 14.4 Å². The first-order valence-corrected chi connectivity index (χ1v) is 12.6. The number of methoxy groups -OCH3 is 1. The first-order valence-electron chi connectivity index (χ1n) is 12.2. The second-order valence-corrected chi connectivity index (χ2v) is 9.25. The molecule has 0 radical (unpaired) electrons. The summed E-state index contributed by atoms with van der Waals surface area (Å²) in [7, 11) is 3.20. The summed E-state index contributed by atoms with van der Waals surface area (Å²) in [5, 5.41) is 3.34. The van der Waals surface area contributed by atoms with E-state index < -0.39 is 12.0 Å². The molecule has 4 rings (SSSR count). The second-order valence-electron chi connectivity index (χ2n) is 8.84. The van der Waals surface area contributed by atoms with Crippen molar-refractivity contribution in [1.29, 1.82) is 0 Å². The van der Waals surface area contributed by atoms with Gasteiger partial charge in [-0.3, -0.25) is 14.6 Å². The molecular weight excluding hydrogens is 496 g/mol. The van der Waals surface area contributed by atoms with Crippen LogP contribution in [-0.4, -0.2) is 86.1 Å².